The number of alkyl halides is 2. The fourth-order valence-electron chi connectivity index (χ4n) is 3.88. The van der Waals surface area contributed by atoms with Crippen LogP contribution >= 0.6 is 0 Å². The number of para-hydroxylation sites is 1. The molecular formula is C22H25F2N5O5S. The summed E-state index contributed by atoms with van der Waals surface area (Å²) in [4.78, 5) is 14.5. The summed E-state index contributed by atoms with van der Waals surface area (Å²) in [5.41, 5.74) is 1.51. The molecule has 1 amide bonds. The second kappa shape index (κ2) is 10.1. The summed E-state index contributed by atoms with van der Waals surface area (Å²) in [6, 6.07) is 7.04. The van der Waals surface area contributed by atoms with Crippen LogP contribution in [0, 0.1) is 0 Å². The minimum Gasteiger partial charge on any atom is -0.493 e. The van der Waals surface area contributed by atoms with E-state index in [1.807, 2.05) is 6.92 Å². The number of benzene rings is 1. The molecule has 3 aromatic rings. The van der Waals surface area contributed by atoms with E-state index in [1.165, 1.54) is 11.1 Å². The van der Waals surface area contributed by atoms with Crippen LogP contribution in [0.3, 0.4) is 0 Å². The van der Waals surface area contributed by atoms with Crippen molar-refractivity contribution < 1.29 is 31.8 Å². The number of halogens is 2. The third kappa shape index (κ3) is 5.05. The lowest BCUT2D eigenvalue weighted by Gasteiger charge is -2.23. The topological polar surface area (TPSA) is 120 Å². The highest BCUT2D eigenvalue weighted by molar-refractivity contribution is 7.89. The third-order valence-electron chi connectivity index (χ3n) is 5.59. The Balaban J connectivity index is 1.50. The largest absolute Gasteiger partial charge is 0.493 e. The first-order valence-electron chi connectivity index (χ1n) is 11.0. The molecule has 1 aliphatic heterocycles. The number of aliphatic hydroxyl groups is 1. The van der Waals surface area contributed by atoms with Crippen LogP contribution in [0.1, 0.15) is 36.1 Å². The number of fused-ring (bicyclic) bond motifs is 1. The van der Waals surface area contributed by atoms with Crippen molar-refractivity contribution >= 4 is 15.9 Å². The number of aromatic nitrogens is 4. The fraction of sp³-hybridized carbons (Fsp3) is 0.409. The van der Waals surface area contributed by atoms with Gasteiger partial charge >= 0.3 is 0 Å². The van der Waals surface area contributed by atoms with Gasteiger partial charge in [0, 0.05) is 30.1 Å². The first kappa shape index (κ1) is 24.8. The maximum Gasteiger partial charge on any atom is 0.286 e. The Morgan fingerprint density at radius 2 is 2.00 bits per heavy atom. The van der Waals surface area contributed by atoms with Crippen LogP contribution < -0.4 is 4.74 Å². The molecule has 35 heavy (non-hydrogen) atoms. The zero-order chi connectivity index (χ0) is 25.2. The standard InChI is InChI=1S/C22H25F2N5O5S/c1-2-7-34-20-6-4-3-5-17(20)18(14-30)22(31)27-9-15-10-29(26-19(15)12-27)35(32,33)16-8-25-28(11-16)13-21(23)24/h3-6,8,10-11,18,21,30H,2,7,9,12-14H2,1H3/t18-/m1/s1. The van der Waals surface area contributed by atoms with Gasteiger partial charge in [0.1, 0.15) is 17.2 Å². The Morgan fingerprint density at radius 1 is 1.23 bits per heavy atom. The fourth-order valence-corrected chi connectivity index (χ4v) is 5.00. The minimum atomic E-state index is -4.13. The highest BCUT2D eigenvalue weighted by Crippen LogP contribution is 2.31. The van der Waals surface area contributed by atoms with Crippen LogP contribution in [-0.2, 0) is 34.5 Å². The SMILES string of the molecule is CCCOc1ccccc1[C@@H](CO)C(=O)N1Cc2cn(S(=O)(=O)c3cnn(CC(F)F)c3)nc2C1. The molecule has 1 aromatic carbocycles. The maximum absolute atomic E-state index is 13.2. The molecule has 188 valence electrons. The second-order valence-corrected chi connectivity index (χ2v) is 9.88. The average Bonchev–Trinajstić information content (AvgIpc) is 3.54. The van der Waals surface area contributed by atoms with Crippen molar-refractivity contribution in [3.8, 4) is 5.75 Å². The normalized spacial score (nSPS) is 14.4. The van der Waals surface area contributed by atoms with E-state index in [2.05, 4.69) is 10.2 Å². The van der Waals surface area contributed by atoms with E-state index in [-0.39, 0.29) is 23.9 Å². The van der Waals surface area contributed by atoms with Crippen molar-refractivity contribution in [3.63, 3.8) is 0 Å². The van der Waals surface area contributed by atoms with Gasteiger partial charge in [0.2, 0.25) is 5.91 Å². The van der Waals surface area contributed by atoms with Crippen LogP contribution in [0.5, 0.6) is 5.75 Å². The molecule has 13 heteroatoms. The molecule has 0 radical (unpaired) electrons. The minimum absolute atomic E-state index is 0.0653. The lowest BCUT2D eigenvalue weighted by Crippen LogP contribution is -2.33. The summed E-state index contributed by atoms with van der Waals surface area (Å²) in [6.07, 6.45) is 1.43. The highest BCUT2D eigenvalue weighted by atomic mass is 32.2. The van der Waals surface area contributed by atoms with Crippen molar-refractivity contribution in [3.05, 3.63) is 59.7 Å². The molecule has 0 fully saturated rings. The Kier molecular flexibility index (Phi) is 7.17. The van der Waals surface area contributed by atoms with Gasteiger partial charge in [-0.15, -0.1) is 0 Å². The van der Waals surface area contributed by atoms with E-state index in [4.69, 9.17) is 4.74 Å². The van der Waals surface area contributed by atoms with Crippen LogP contribution in [0.25, 0.3) is 0 Å². The number of carbonyl (C=O) groups excluding carboxylic acids is 1. The summed E-state index contributed by atoms with van der Waals surface area (Å²) < 4.78 is 58.1. The van der Waals surface area contributed by atoms with Crippen LogP contribution in [0.4, 0.5) is 8.78 Å². The predicted molar refractivity (Wildman–Crippen MR) is 119 cm³/mol. The zero-order valence-corrected chi connectivity index (χ0v) is 19.7. The van der Waals surface area contributed by atoms with Crippen molar-refractivity contribution in [2.75, 3.05) is 13.2 Å². The molecule has 1 N–H and O–H groups in total. The molecule has 1 aliphatic rings. The first-order valence-corrected chi connectivity index (χ1v) is 12.4. The van der Waals surface area contributed by atoms with E-state index in [0.29, 0.717) is 29.2 Å². The van der Waals surface area contributed by atoms with E-state index in [1.54, 1.807) is 24.3 Å². The Labute approximate surface area is 200 Å². The Bertz CT molecular complexity index is 1280. The highest BCUT2D eigenvalue weighted by Gasteiger charge is 2.34. The average molecular weight is 510 g/mol. The lowest BCUT2D eigenvalue weighted by molar-refractivity contribution is -0.134. The number of hydrogen-bond acceptors (Lipinski definition) is 7. The summed E-state index contributed by atoms with van der Waals surface area (Å²) in [5, 5.41) is 17.8. The van der Waals surface area contributed by atoms with Gasteiger partial charge in [-0.1, -0.05) is 25.1 Å². The first-order chi connectivity index (χ1) is 16.7. The van der Waals surface area contributed by atoms with E-state index in [0.717, 1.165) is 27.6 Å². The van der Waals surface area contributed by atoms with Crippen molar-refractivity contribution in [2.45, 2.75) is 50.2 Å². The molecule has 0 aliphatic carbocycles. The van der Waals surface area contributed by atoms with E-state index in [9.17, 15) is 27.1 Å². The zero-order valence-electron chi connectivity index (χ0n) is 18.9. The molecule has 0 unspecified atom stereocenters. The summed E-state index contributed by atoms with van der Waals surface area (Å²) >= 11 is 0. The molecule has 10 nitrogen and oxygen atoms in total. The van der Waals surface area contributed by atoms with Gasteiger partial charge in [0.15, 0.2) is 0 Å². The summed E-state index contributed by atoms with van der Waals surface area (Å²) in [5.74, 6) is -0.647. The lowest BCUT2D eigenvalue weighted by atomic mass is 9.97. The maximum atomic E-state index is 13.2. The number of hydrogen-bond donors (Lipinski definition) is 1. The molecule has 1 atom stereocenters. The van der Waals surface area contributed by atoms with Crippen LogP contribution in [0.15, 0.2) is 47.8 Å². The molecule has 0 saturated carbocycles. The summed E-state index contributed by atoms with van der Waals surface area (Å²) in [7, 11) is -4.13. The number of ether oxygens (including phenoxy) is 1. The van der Waals surface area contributed by atoms with E-state index >= 15 is 0 Å². The van der Waals surface area contributed by atoms with E-state index < -0.39 is 35.5 Å². The quantitative estimate of drug-likeness (QED) is 0.444. The Hall–Kier alpha value is -3.32. The molecule has 0 spiro atoms. The van der Waals surface area contributed by atoms with Gasteiger partial charge < -0.3 is 14.7 Å². The van der Waals surface area contributed by atoms with Crippen LogP contribution in [0.2, 0.25) is 0 Å². The second-order valence-electron chi connectivity index (χ2n) is 8.08. The molecule has 3 heterocycles. The number of rotatable bonds is 10. The van der Waals surface area contributed by atoms with Gasteiger partial charge in [-0.25, -0.2) is 8.78 Å². The molecule has 2 aromatic heterocycles. The van der Waals surface area contributed by atoms with Crippen molar-refractivity contribution in [1.29, 1.82) is 0 Å². The van der Waals surface area contributed by atoms with Gasteiger partial charge in [0.25, 0.3) is 16.4 Å². The van der Waals surface area contributed by atoms with Gasteiger partial charge in [-0.05, 0) is 12.5 Å². The molecular weight excluding hydrogens is 484 g/mol. The number of aliphatic hydroxyl groups excluding tert-OH is 1. The van der Waals surface area contributed by atoms with Gasteiger partial charge in [-0.3, -0.25) is 9.48 Å². The number of carbonyl (C=O) groups is 1. The molecule has 0 bridgehead atoms. The van der Waals surface area contributed by atoms with Crippen molar-refractivity contribution in [1.82, 2.24) is 23.9 Å². The van der Waals surface area contributed by atoms with Gasteiger partial charge in [0.05, 0.1) is 37.6 Å². The number of nitrogens with zero attached hydrogens (tertiary/aromatic N) is 5. The molecule has 4 rings (SSSR count). The monoisotopic (exact) mass is 509 g/mol. The predicted octanol–water partition coefficient (Wildman–Crippen LogP) is 1.99. The molecule has 0 saturated heterocycles. The Morgan fingerprint density at radius 3 is 2.69 bits per heavy atom. The summed E-state index contributed by atoms with van der Waals surface area (Å²) in [6.45, 7) is 1.48. The van der Waals surface area contributed by atoms with Crippen LogP contribution in [-0.4, -0.2) is 62.9 Å². The number of amides is 1. The van der Waals surface area contributed by atoms with Gasteiger partial charge in [-0.2, -0.15) is 22.7 Å². The third-order valence-corrected chi connectivity index (χ3v) is 7.07. The smallest absolute Gasteiger partial charge is 0.286 e. The van der Waals surface area contributed by atoms with Crippen molar-refractivity contribution in [2.24, 2.45) is 0 Å².